The second-order valence-corrected chi connectivity index (χ2v) is 7.17. The van der Waals surface area contributed by atoms with Crippen LogP contribution in [0, 0.1) is 0 Å². The molecule has 0 aliphatic carbocycles. The smallest absolute Gasteiger partial charge is 0.0650 e. The third-order valence-corrected chi connectivity index (χ3v) is 4.65. The highest BCUT2D eigenvalue weighted by Gasteiger charge is 2.35. The molecule has 0 aromatic heterocycles. The van der Waals surface area contributed by atoms with Crippen molar-refractivity contribution in [3.8, 4) is 0 Å². The SMILES string of the molecule is CCCC[C@@H]1OC(C)(C)CC[C@@H]1c1ccc(Br)cc1. The van der Waals surface area contributed by atoms with Gasteiger partial charge in [-0.2, -0.15) is 0 Å². The number of ether oxygens (including phenoxy) is 1. The van der Waals surface area contributed by atoms with Crippen molar-refractivity contribution >= 4 is 15.9 Å². The molecule has 0 unspecified atom stereocenters. The Morgan fingerprint density at radius 1 is 1.26 bits per heavy atom. The van der Waals surface area contributed by atoms with E-state index in [1.54, 1.807) is 0 Å². The topological polar surface area (TPSA) is 9.23 Å². The van der Waals surface area contributed by atoms with Gasteiger partial charge in [0.1, 0.15) is 0 Å². The molecule has 1 nitrogen and oxygen atoms in total. The Kier molecular flexibility index (Phi) is 5.08. The Morgan fingerprint density at radius 2 is 1.95 bits per heavy atom. The Bertz CT molecular complexity index is 396. The lowest BCUT2D eigenvalue weighted by Gasteiger charge is -2.41. The van der Waals surface area contributed by atoms with Crippen molar-refractivity contribution in [1.29, 1.82) is 0 Å². The van der Waals surface area contributed by atoms with Gasteiger partial charge in [-0.3, -0.25) is 0 Å². The number of rotatable bonds is 4. The normalized spacial score (nSPS) is 26.3. The first-order chi connectivity index (χ1) is 9.02. The van der Waals surface area contributed by atoms with Crippen LogP contribution in [0.25, 0.3) is 0 Å². The molecule has 1 aliphatic heterocycles. The Morgan fingerprint density at radius 3 is 2.58 bits per heavy atom. The van der Waals surface area contributed by atoms with E-state index in [1.165, 1.54) is 31.2 Å². The Hall–Kier alpha value is -0.340. The predicted molar refractivity (Wildman–Crippen MR) is 84.6 cm³/mol. The molecule has 2 rings (SSSR count). The minimum atomic E-state index is 0.0459. The van der Waals surface area contributed by atoms with Crippen LogP contribution >= 0.6 is 15.9 Å². The van der Waals surface area contributed by atoms with Crippen molar-refractivity contribution in [3.05, 3.63) is 34.3 Å². The first kappa shape index (κ1) is 15.1. The van der Waals surface area contributed by atoms with E-state index in [2.05, 4.69) is 61.0 Å². The van der Waals surface area contributed by atoms with E-state index in [9.17, 15) is 0 Å². The first-order valence-electron chi connectivity index (χ1n) is 7.45. The molecule has 0 bridgehead atoms. The van der Waals surface area contributed by atoms with Gasteiger partial charge in [0.05, 0.1) is 11.7 Å². The summed E-state index contributed by atoms with van der Waals surface area (Å²) in [5, 5.41) is 0. The van der Waals surface area contributed by atoms with Crippen molar-refractivity contribution in [2.75, 3.05) is 0 Å². The van der Waals surface area contributed by atoms with Crippen LogP contribution in [0.1, 0.15) is 64.4 Å². The fraction of sp³-hybridized carbons (Fsp3) is 0.647. The zero-order chi connectivity index (χ0) is 13.9. The van der Waals surface area contributed by atoms with Gasteiger partial charge in [0.15, 0.2) is 0 Å². The molecule has 1 fully saturated rings. The minimum absolute atomic E-state index is 0.0459. The van der Waals surface area contributed by atoms with Crippen LogP contribution in [0.4, 0.5) is 0 Å². The summed E-state index contributed by atoms with van der Waals surface area (Å²) in [6, 6.07) is 8.78. The summed E-state index contributed by atoms with van der Waals surface area (Å²) >= 11 is 3.51. The summed E-state index contributed by atoms with van der Waals surface area (Å²) in [4.78, 5) is 0. The number of hydrogen-bond acceptors (Lipinski definition) is 1. The van der Waals surface area contributed by atoms with Gasteiger partial charge in [-0.15, -0.1) is 0 Å². The van der Waals surface area contributed by atoms with Gasteiger partial charge in [-0.1, -0.05) is 47.8 Å². The van der Waals surface area contributed by atoms with Gasteiger partial charge >= 0.3 is 0 Å². The highest BCUT2D eigenvalue weighted by molar-refractivity contribution is 9.10. The maximum Gasteiger partial charge on any atom is 0.0650 e. The second kappa shape index (κ2) is 6.41. The molecule has 0 N–H and O–H groups in total. The van der Waals surface area contributed by atoms with Crippen LogP contribution < -0.4 is 0 Å². The van der Waals surface area contributed by atoms with Crippen LogP contribution in [0.15, 0.2) is 28.7 Å². The summed E-state index contributed by atoms with van der Waals surface area (Å²) in [6.07, 6.45) is 6.45. The van der Waals surface area contributed by atoms with Crippen LogP contribution in [-0.4, -0.2) is 11.7 Å². The molecular weight excluding hydrogens is 300 g/mol. The zero-order valence-electron chi connectivity index (χ0n) is 12.3. The van der Waals surface area contributed by atoms with Gasteiger partial charge in [0.2, 0.25) is 0 Å². The quantitative estimate of drug-likeness (QED) is 0.692. The van der Waals surface area contributed by atoms with E-state index in [-0.39, 0.29) is 5.60 Å². The highest BCUT2D eigenvalue weighted by atomic mass is 79.9. The van der Waals surface area contributed by atoms with Crippen molar-refractivity contribution in [3.63, 3.8) is 0 Å². The summed E-state index contributed by atoms with van der Waals surface area (Å²) in [5.74, 6) is 0.563. The standard InChI is InChI=1S/C17H25BrO/c1-4-5-6-16-15(11-12-17(2,3)19-16)13-7-9-14(18)10-8-13/h7-10,15-16H,4-6,11-12H2,1-3H3/t15-,16+/m1/s1. The summed E-state index contributed by atoms with van der Waals surface area (Å²) in [6.45, 7) is 6.70. The molecule has 0 radical (unpaired) electrons. The molecule has 0 saturated carbocycles. The van der Waals surface area contributed by atoms with Crippen molar-refractivity contribution in [1.82, 2.24) is 0 Å². The van der Waals surface area contributed by atoms with Gasteiger partial charge in [-0.25, -0.2) is 0 Å². The van der Waals surface area contributed by atoms with E-state index in [1.807, 2.05) is 0 Å². The average molecular weight is 325 g/mol. The van der Waals surface area contributed by atoms with E-state index >= 15 is 0 Å². The number of halogens is 1. The highest BCUT2D eigenvalue weighted by Crippen LogP contribution is 2.40. The molecule has 2 atom stereocenters. The van der Waals surface area contributed by atoms with Gasteiger partial charge in [0.25, 0.3) is 0 Å². The summed E-state index contributed by atoms with van der Waals surface area (Å²) < 4.78 is 7.51. The minimum Gasteiger partial charge on any atom is -0.372 e. The van der Waals surface area contributed by atoms with Crippen LogP contribution in [0.5, 0.6) is 0 Å². The Labute approximate surface area is 125 Å². The van der Waals surface area contributed by atoms with Gasteiger partial charge in [-0.05, 0) is 50.8 Å². The number of benzene rings is 1. The largest absolute Gasteiger partial charge is 0.372 e. The average Bonchev–Trinajstić information content (AvgIpc) is 2.37. The fourth-order valence-electron chi connectivity index (χ4n) is 3.00. The monoisotopic (exact) mass is 324 g/mol. The van der Waals surface area contributed by atoms with Crippen LogP contribution in [-0.2, 0) is 4.74 Å². The molecule has 0 amide bonds. The van der Waals surface area contributed by atoms with Crippen LogP contribution in [0.3, 0.4) is 0 Å². The third kappa shape index (κ3) is 4.06. The molecule has 2 heteroatoms. The molecule has 0 spiro atoms. The zero-order valence-corrected chi connectivity index (χ0v) is 13.9. The van der Waals surface area contributed by atoms with Gasteiger partial charge < -0.3 is 4.74 Å². The lowest BCUT2D eigenvalue weighted by molar-refractivity contribution is -0.120. The number of unbranched alkanes of at least 4 members (excludes halogenated alkanes) is 1. The van der Waals surface area contributed by atoms with Crippen molar-refractivity contribution in [2.45, 2.75) is 70.5 Å². The summed E-state index contributed by atoms with van der Waals surface area (Å²) in [5.41, 5.74) is 1.48. The molecule has 106 valence electrons. The maximum atomic E-state index is 6.36. The lowest BCUT2D eigenvalue weighted by atomic mass is 9.80. The predicted octanol–water partition coefficient (Wildman–Crippen LogP) is 5.68. The third-order valence-electron chi connectivity index (χ3n) is 4.12. The molecule has 1 saturated heterocycles. The summed E-state index contributed by atoms with van der Waals surface area (Å²) in [7, 11) is 0. The lowest BCUT2D eigenvalue weighted by Crippen LogP contribution is -2.39. The molecule has 19 heavy (non-hydrogen) atoms. The van der Waals surface area contributed by atoms with Crippen molar-refractivity contribution < 1.29 is 4.74 Å². The fourth-order valence-corrected chi connectivity index (χ4v) is 3.26. The molecule has 1 aliphatic rings. The number of hydrogen-bond donors (Lipinski definition) is 0. The molecule has 1 aromatic rings. The van der Waals surface area contributed by atoms with E-state index in [0.717, 1.165) is 10.9 Å². The van der Waals surface area contributed by atoms with Gasteiger partial charge in [0, 0.05) is 10.4 Å². The van der Waals surface area contributed by atoms with E-state index in [4.69, 9.17) is 4.74 Å². The van der Waals surface area contributed by atoms with Crippen LogP contribution in [0.2, 0.25) is 0 Å². The van der Waals surface area contributed by atoms with E-state index < -0.39 is 0 Å². The Balaban J connectivity index is 2.14. The molecule has 1 aromatic carbocycles. The van der Waals surface area contributed by atoms with Crippen molar-refractivity contribution in [2.24, 2.45) is 0 Å². The first-order valence-corrected chi connectivity index (χ1v) is 8.24. The van der Waals surface area contributed by atoms with E-state index in [0.29, 0.717) is 12.0 Å². The second-order valence-electron chi connectivity index (χ2n) is 6.25. The molecule has 1 heterocycles. The molecular formula is C17H25BrO. The maximum absolute atomic E-state index is 6.36.